The van der Waals surface area contributed by atoms with Crippen molar-refractivity contribution in [3.8, 4) is 0 Å². The molecule has 1 aromatic rings. The van der Waals surface area contributed by atoms with E-state index < -0.39 is 11.8 Å². The van der Waals surface area contributed by atoms with Gasteiger partial charge in [0, 0.05) is 18.3 Å². The standard InChI is InChI=1S/C22H31N3O3/c1-14(2)24-20(26)13-15-4-7-19(8-5-15)25-22(28)21(27)23-10-9-18-12-16-3-6-17(18)11-16/h4-5,7-8,14,16-18H,3,6,9-13H2,1-2H3,(H,23,27)(H,24,26)(H,25,28). The van der Waals surface area contributed by atoms with Crippen molar-refractivity contribution in [2.24, 2.45) is 17.8 Å². The maximum atomic E-state index is 12.1. The predicted octanol–water partition coefficient (Wildman–Crippen LogP) is 2.63. The van der Waals surface area contributed by atoms with Gasteiger partial charge in [0.1, 0.15) is 0 Å². The van der Waals surface area contributed by atoms with Crippen LogP contribution in [0.25, 0.3) is 0 Å². The zero-order chi connectivity index (χ0) is 20.1. The van der Waals surface area contributed by atoms with Crippen molar-refractivity contribution >= 4 is 23.4 Å². The van der Waals surface area contributed by atoms with E-state index in [-0.39, 0.29) is 18.4 Å². The van der Waals surface area contributed by atoms with E-state index in [0.29, 0.717) is 18.2 Å². The molecule has 2 fully saturated rings. The Labute approximate surface area is 166 Å². The molecule has 0 spiro atoms. The van der Waals surface area contributed by atoms with Gasteiger partial charge in [-0.15, -0.1) is 0 Å². The molecule has 152 valence electrons. The van der Waals surface area contributed by atoms with Crippen LogP contribution >= 0.6 is 0 Å². The molecule has 0 aromatic heterocycles. The van der Waals surface area contributed by atoms with Gasteiger partial charge >= 0.3 is 11.8 Å². The second kappa shape index (κ2) is 9.22. The lowest BCUT2D eigenvalue weighted by Gasteiger charge is -2.21. The topological polar surface area (TPSA) is 87.3 Å². The van der Waals surface area contributed by atoms with Crippen molar-refractivity contribution in [3.05, 3.63) is 29.8 Å². The Hall–Kier alpha value is -2.37. The van der Waals surface area contributed by atoms with Gasteiger partial charge in [-0.05, 0) is 75.0 Å². The predicted molar refractivity (Wildman–Crippen MR) is 109 cm³/mol. The molecule has 2 aliphatic rings. The van der Waals surface area contributed by atoms with Crippen molar-refractivity contribution < 1.29 is 14.4 Å². The van der Waals surface area contributed by atoms with Crippen molar-refractivity contribution in [1.29, 1.82) is 0 Å². The number of amides is 3. The minimum Gasteiger partial charge on any atom is -0.354 e. The first-order valence-corrected chi connectivity index (χ1v) is 10.4. The zero-order valence-corrected chi connectivity index (χ0v) is 16.8. The van der Waals surface area contributed by atoms with Gasteiger partial charge in [-0.2, -0.15) is 0 Å². The van der Waals surface area contributed by atoms with Gasteiger partial charge in [0.25, 0.3) is 0 Å². The van der Waals surface area contributed by atoms with Crippen molar-refractivity contribution in [3.63, 3.8) is 0 Å². The number of hydrogen-bond donors (Lipinski definition) is 3. The fourth-order valence-electron chi connectivity index (χ4n) is 4.63. The van der Waals surface area contributed by atoms with Crippen LogP contribution in [-0.2, 0) is 20.8 Å². The number of anilines is 1. The number of nitrogens with one attached hydrogen (secondary N) is 3. The van der Waals surface area contributed by atoms with Gasteiger partial charge < -0.3 is 16.0 Å². The average molecular weight is 386 g/mol. The molecule has 2 aliphatic carbocycles. The summed E-state index contributed by atoms with van der Waals surface area (Å²) in [5, 5.41) is 8.19. The van der Waals surface area contributed by atoms with Crippen molar-refractivity contribution in [1.82, 2.24) is 10.6 Å². The number of carbonyl (C=O) groups excluding carboxylic acids is 3. The summed E-state index contributed by atoms with van der Waals surface area (Å²) in [6, 6.07) is 7.08. The van der Waals surface area contributed by atoms with Crippen LogP contribution in [0.1, 0.15) is 51.5 Å². The van der Waals surface area contributed by atoms with Gasteiger partial charge in [-0.1, -0.05) is 18.6 Å². The van der Waals surface area contributed by atoms with E-state index in [0.717, 1.165) is 23.8 Å². The summed E-state index contributed by atoms with van der Waals surface area (Å²) in [6.07, 6.45) is 6.60. The third-order valence-electron chi connectivity index (χ3n) is 5.92. The number of hydrogen-bond acceptors (Lipinski definition) is 3. The summed E-state index contributed by atoms with van der Waals surface area (Å²) >= 11 is 0. The third-order valence-corrected chi connectivity index (χ3v) is 5.92. The molecule has 1 aromatic carbocycles. The Kier molecular flexibility index (Phi) is 6.70. The maximum absolute atomic E-state index is 12.1. The Morgan fingerprint density at radius 3 is 2.39 bits per heavy atom. The van der Waals surface area contributed by atoms with Crippen LogP contribution in [0.5, 0.6) is 0 Å². The fourth-order valence-corrected chi connectivity index (χ4v) is 4.63. The van der Waals surface area contributed by atoms with Crippen molar-refractivity contribution in [2.75, 3.05) is 11.9 Å². The van der Waals surface area contributed by atoms with Gasteiger partial charge in [0.05, 0.1) is 6.42 Å². The number of benzene rings is 1. The minimum atomic E-state index is -0.654. The molecular formula is C22H31N3O3. The zero-order valence-electron chi connectivity index (χ0n) is 16.8. The highest BCUT2D eigenvalue weighted by atomic mass is 16.2. The Bertz CT molecular complexity index is 714. The lowest BCUT2D eigenvalue weighted by molar-refractivity contribution is -0.136. The molecule has 3 rings (SSSR count). The van der Waals surface area contributed by atoms with Gasteiger partial charge in [0.15, 0.2) is 0 Å². The van der Waals surface area contributed by atoms with Crippen LogP contribution in [0.2, 0.25) is 0 Å². The first-order valence-electron chi connectivity index (χ1n) is 10.4. The van der Waals surface area contributed by atoms with Gasteiger partial charge in [-0.25, -0.2) is 0 Å². The molecular weight excluding hydrogens is 354 g/mol. The summed E-state index contributed by atoms with van der Waals surface area (Å²) < 4.78 is 0. The highest BCUT2D eigenvalue weighted by Gasteiger charge is 2.38. The first kappa shape index (κ1) is 20.4. The molecule has 0 aliphatic heterocycles. The summed E-state index contributed by atoms with van der Waals surface area (Å²) in [6.45, 7) is 4.39. The molecule has 3 unspecified atom stereocenters. The third kappa shape index (κ3) is 5.57. The normalized spacial score (nSPS) is 22.9. The highest BCUT2D eigenvalue weighted by molar-refractivity contribution is 6.39. The summed E-state index contributed by atoms with van der Waals surface area (Å²) in [4.78, 5) is 35.9. The molecule has 3 atom stereocenters. The molecule has 3 amide bonds. The highest BCUT2D eigenvalue weighted by Crippen LogP contribution is 2.49. The quantitative estimate of drug-likeness (QED) is 0.631. The molecule has 2 saturated carbocycles. The van der Waals surface area contributed by atoms with E-state index in [1.807, 2.05) is 13.8 Å². The number of fused-ring (bicyclic) bond motifs is 2. The van der Waals surface area contributed by atoms with Crippen LogP contribution in [0.4, 0.5) is 5.69 Å². The molecule has 0 heterocycles. The van der Waals surface area contributed by atoms with E-state index in [4.69, 9.17) is 0 Å². The monoisotopic (exact) mass is 385 g/mol. The smallest absolute Gasteiger partial charge is 0.313 e. The maximum Gasteiger partial charge on any atom is 0.313 e. The number of carbonyl (C=O) groups is 3. The van der Waals surface area contributed by atoms with Crippen LogP contribution in [0.3, 0.4) is 0 Å². The van der Waals surface area contributed by atoms with E-state index in [1.165, 1.54) is 25.7 Å². The van der Waals surface area contributed by atoms with Crippen LogP contribution in [-0.4, -0.2) is 30.3 Å². The average Bonchev–Trinajstić information content (AvgIpc) is 3.25. The lowest BCUT2D eigenvalue weighted by Crippen LogP contribution is -2.36. The first-order chi connectivity index (χ1) is 13.4. The molecule has 28 heavy (non-hydrogen) atoms. The molecule has 3 N–H and O–H groups in total. The molecule has 6 nitrogen and oxygen atoms in total. The molecule has 0 saturated heterocycles. The van der Waals surface area contributed by atoms with Crippen LogP contribution in [0, 0.1) is 17.8 Å². The Balaban J connectivity index is 1.38. The Morgan fingerprint density at radius 2 is 1.79 bits per heavy atom. The molecule has 6 heteroatoms. The largest absolute Gasteiger partial charge is 0.354 e. The fraction of sp³-hybridized carbons (Fsp3) is 0.591. The molecule has 0 radical (unpaired) electrons. The molecule has 2 bridgehead atoms. The summed E-state index contributed by atoms with van der Waals surface area (Å²) in [7, 11) is 0. The Morgan fingerprint density at radius 1 is 1.04 bits per heavy atom. The van der Waals surface area contributed by atoms with E-state index in [9.17, 15) is 14.4 Å². The second-order valence-electron chi connectivity index (χ2n) is 8.53. The SMILES string of the molecule is CC(C)NC(=O)Cc1ccc(NC(=O)C(=O)NCCC2CC3CCC2C3)cc1. The van der Waals surface area contributed by atoms with Crippen LogP contribution < -0.4 is 16.0 Å². The number of rotatable bonds is 7. The second-order valence-corrected chi connectivity index (χ2v) is 8.53. The van der Waals surface area contributed by atoms with E-state index in [1.54, 1.807) is 24.3 Å². The van der Waals surface area contributed by atoms with Crippen LogP contribution in [0.15, 0.2) is 24.3 Å². The summed E-state index contributed by atoms with van der Waals surface area (Å²) in [5.74, 6) is 1.15. The van der Waals surface area contributed by atoms with Gasteiger partial charge in [-0.3, -0.25) is 14.4 Å². The van der Waals surface area contributed by atoms with Crippen molar-refractivity contribution in [2.45, 2.75) is 58.4 Å². The van der Waals surface area contributed by atoms with E-state index >= 15 is 0 Å². The minimum absolute atomic E-state index is 0.0401. The lowest BCUT2D eigenvalue weighted by atomic mass is 9.86. The summed E-state index contributed by atoms with van der Waals surface area (Å²) in [5.41, 5.74) is 1.40. The van der Waals surface area contributed by atoms with E-state index in [2.05, 4.69) is 16.0 Å². The van der Waals surface area contributed by atoms with Gasteiger partial charge in [0.2, 0.25) is 5.91 Å².